The van der Waals surface area contributed by atoms with E-state index in [1.165, 1.54) is 24.8 Å². The van der Waals surface area contributed by atoms with E-state index in [0.717, 1.165) is 25.3 Å². The van der Waals surface area contributed by atoms with Crippen molar-refractivity contribution in [3.8, 4) is 5.75 Å². The number of hydrogen-bond donors (Lipinski definition) is 1. The van der Waals surface area contributed by atoms with Crippen molar-refractivity contribution in [1.82, 2.24) is 5.32 Å². The fraction of sp³-hybridized carbons (Fsp3) is 0.647. The Labute approximate surface area is 118 Å². The summed E-state index contributed by atoms with van der Waals surface area (Å²) in [7, 11) is 0. The molecule has 0 unspecified atom stereocenters. The molecule has 0 atom stereocenters. The summed E-state index contributed by atoms with van der Waals surface area (Å²) in [5, 5.41) is 3.51. The molecular formula is C17H29NO. The standard InChI is InChI=1S/C17H29NO/c1-15-11-7-8-12-16(15)19-14-10-6-5-9-13-18-17(2,3)4/h7-8,11-12,18H,5-6,9-10,13-14H2,1-4H3. The minimum absolute atomic E-state index is 0.244. The Bertz CT molecular complexity index is 355. The van der Waals surface area contributed by atoms with Gasteiger partial charge in [-0.2, -0.15) is 0 Å². The van der Waals surface area contributed by atoms with Crippen LogP contribution in [0.25, 0.3) is 0 Å². The van der Waals surface area contributed by atoms with Crippen molar-refractivity contribution >= 4 is 0 Å². The Morgan fingerprint density at radius 3 is 2.37 bits per heavy atom. The Morgan fingerprint density at radius 1 is 1.00 bits per heavy atom. The van der Waals surface area contributed by atoms with E-state index in [1.807, 2.05) is 18.2 Å². The predicted molar refractivity (Wildman–Crippen MR) is 82.9 cm³/mol. The van der Waals surface area contributed by atoms with Gasteiger partial charge in [-0.25, -0.2) is 0 Å². The zero-order valence-corrected chi connectivity index (χ0v) is 13.0. The molecule has 0 spiro atoms. The summed E-state index contributed by atoms with van der Waals surface area (Å²) in [5.74, 6) is 1.02. The van der Waals surface area contributed by atoms with Crippen molar-refractivity contribution < 1.29 is 4.74 Å². The van der Waals surface area contributed by atoms with Gasteiger partial charge in [-0.15, -0.1) is 0 Å². The maximum atomic E-state index is 5.78. The Balaban J connectivity index is 1.99. The Morgan fingerprint density at radius 2 is 1.68 bits per heavy atom. The van der Waals surface area contributed by atoms with Crippen LogP contribution in [0.2, 0.25) is 0 Å². The number of nitrogens with one attached hydrogen (secondary N) is 1. The molecule has 1 aromatic carbocycles. The van der Waals surface area contributed by atoms with Gasteiger partial charge in [0.05, 0.1) is 6.61 Å². The van der Waals surface area contributed by atoms with Crippen LogP contribution in [0.3, 0.4) is 0 Å². The molecule has 2 heteroatoms. The number of aryl methyl sites for hydroxylation is 1. The summed E-state index contributed by atoms with van der Waals surface area (Å²) in [6, 6.07) is 8.21. The first-order valence-electron chi connectivity index (χ1n) is 7.42. The highest BCUT2D eigenvalue weighted by Gasteiger charge is 2.06. The molecule has 19 heavy (non-hydrogen) atoms. The SMILES string of the molecule is Cc1ccccc1OCCCCCCNC(C)(C)C. The van der Waals surface area contributed by atoms with E-state index in [-0.39, 0.29) is 5.54 Å². The lowest BCUT2D eigenvalue weighted by atomic mass is 10.1. The zero-order valence-electron chi connectivity index (χ0n) is 13.0. The Kier molecular flexibility index (Phi) is 6.93. The highest BCUT2D eigenvalue weighted by atomic mass is 16.5. The molecule has 1 rings (SSSR count). The lowest BCUT2D eigenvalue weighted by molar-refractivity contribution is 0.302. The quantitative estimate of drug-likeness (QED) is 0.705. The number of unbranched alkanes of at least 4 members (excludes halogenated alkanes) is 3. The van der Waals surface area contributed by atoms with Crippen molar-refractivity contribution in [3.63, 3.8) is 0 Å². The van der Waals surface area contributed by atoms with Gasteiger partial charge in [-0.3, -0.25) is 0 Å². The molecule has 0 saturated heterocycles. The van der Waals surface area contributed by atoms with E-state index in [1.54, 1.807) is 0 Å². The molecule has 0 bridgehead atoms. The average molecular weight is 263 g/mol. The Hall–Kier alpha value is -1.02. The summed E-state index contributed by atoms with van der Waals surface area (Å²) in [5.41, 5.74) is 1.46. The lowest BCUT2D eigenvalue weighted by Crippen LogP contribution is -2.36. The van der Waals surface area contributed by atoms with Gasteiger partial charge in [0.1, 0.15) is 5.75 Å². The van der Waals surface area contributed by atoms with E-state index in [2.05, 4.69) is 39.1 Å². The molecule has 108 valence electrons. The van der Waals surface area contributed by atoms with Gasteiger partial charge in [0.15, 0.2) is 0 Å². The average Bonchev–Trinajstić information content (AvgIpc) is 2.33. The molecule has 0 aliphatic carbocycles. The first-order chi connectivity index (χ1) is 8.99. The maximum Gasteiger partial charge on any atom is 0.122 e. The van der Waals surface area contributed by atoms with Crippen LogP contribution in [0.15, 0.2) is 24.3 Å². The first kappa shape index (κ1) is 16.0. The van der Waals surface area contributed by atoms with E-state index in [0.29, 0.717) is 0 Å². The topological polar surface area (TPSA) is 21.3 Å². The van der Waals surface area contributed by atoms with Crippen LogP contribution in [0.5, 0.6) is 5.75 Å². The third-order valence-electron chi connectivity index (χ3n) is 3.08. The van der Waals surface area contributed by atoms with Crippen LogP contribution in [-0.2, 0) is 0 Å². The molecule has 0 fully saturated rings. The second-order valence-electron chi connectivity index (χ2n) is 6.20. The molecule has 0 aliphatic heterocycles. The van der Waals surface area contributed by atoms with Gasteiger partial charge in [-0.05, 0) is 58.7 Å². The largest absolute Gasteiger partial charge is 0.493 e. The molecule has 2 nitrogen and oxygen atoms in total. The summed E-state index contributed by atoms with van der Waals surface area (Å²) in [4.78, 5) is 0. The molecule has 0 saturated carbocycles. The van der Waals surface area contributed by atoms with Gasteiger partial charge in [0.25, 0.3) is 0 Å². The van der Waals surface area contributed by atoms with E-state index >= 15 is 0 Å². The van der Waals surface area contributed by atoms with Crippen LogP contribution in [0.4, 0.5) is 0 Å². The first-order valence-corrected chi connectivity index (χ1v) is 7.42. The zero-order chi connectivity index (χ0) is 14.1. The van der Waals surface area contributed by atoms with E-state index in [4.69, 9.17) is 4.74 Å². The van der Waals surface area contributed by atoms with Crippen LogP contribution in [-0.4, -0.2) is 18.7 Å². The molecular weight excluding hydrogens is 234 g/mol. The van der Waals surface area contributed by atoms with Gasteiger partial charge in [0.2, 0.25) is 0 Å². The molecule has 0 heterocycles. The number of benzene rings is 1. The fourth-order valence-electron chi connectivity index (χ4n) is 1.94. The van der Waals surface area contributed by atoms with Crippen molar-refractivity contribution in [3.05, 3.63) is 29.8 Å². The van der Waals surface area contributed by atoms with Crippen molar-refractivity contribution in [2.45, 2.75) is 58.9 Å². The van der Waals surface area contributed by atoms with E-state index in [9.17, 15) is 0 Å². The third-order valence-corrected chi connectivity index (χ3v) is 3.08. The fourth-order valence-corrected chi connectivity index (χ4v) is 1.94. The smallest absolute Gasteiger partial charge is 0.122 e. The van der Waals surface area contributed by atoms with Crippen molar-refractivity contribution in [2.24, 2.45) is 0 Å². The molecule has 1 aromatic rings. The van der Waals surface area contributed by atoms with Crippen LogP contribution in [0, 0.1) is 6.92 Å². The summed E-state index contributed by atoms with van der Waals surface area (Å²) >= 11 is 0. The number of rotatable bonds is 8. The van der Waals surface area contributed by atoms with Gasteiger partial charge in [-0.1, -0.05) is 31.0 Å². The molecule has 0 amide bonds. The lowest BCUT2D eigenvalue weighted by Gasteiger charge is -2.20. The minimum atomic E-state index is 0.244. The normalized spacial score (nSPS) is 11.6. The van der Waals surface area contributed by atoms with Crippen molar-refractivity contribution in [2.75, 3.05) is 13.2 Å². The molecule has 0 aromatic heterocycles. The maximum absolute atomic E-state index is 5.78. The summed E-state index contributed by atoms with van der Waals surface area (Å²) in [6.07, 6.45) is 4.92. The van der Waals surface area contributed by atoms with Crippen molar-refractivity contribution in [1.29, 1.82) is 0 Å². The van der Waals surface area contributed by atoms with Gasteiger partial charge in [0, 0.05) is 5.54 Å². The van der Waals surface area contributed by atoms with Crippen LogP contribution < -0.4 is 10.1 Å². The number of para-hydroxylation sites is 1. The minimum Gasteiger partial charge on any atom is -0.493 e. The molecule has 1 N–H and O–H groups in total. The van der Waals surface area contributed by atoms with Crippen LogP contribution >= 0.6 is 0 Å². The third kappa shape index (κ3) is 7.89. The molecule has 0 aliphatic rings. The number of hydrogen-bond acceptors (Lipinski definition) is 2. The number of ether oxygens (including phenoxy) is 1. The molecule has 0 radical (unpaired) electrons. The van der Waals surface area contributed by atoms with Gasteiger partial charge < -0.3 is 10.1 Å². The summed E-state index contributed by atoms with van der Waals surface area (Å²) < 4.78 is 5.78. The van der Waals surface area contributed by atoms with E-state index < -0.39 is 0 Å². The predicted octanol–water partition coefficient (Wildman–Crippen LogP) is 4.32. The second kappa shape index (κ2) is 8.21. The summed E-state index contributed by atoms with van der Waals surface area (Å²) in [6.45, 7) is 10.7. The monoisotopic (exact) mass is 263 g/mol. The van der Waals surface area contributed by atoms with Crippen LogP contribution in [0.1, 0.15) is 52.0 Å². The van der Waals surface area contributed by atoms with Gasteiger partial charge >= 0.3 is 0 Å². The highest BCUT2D eigenvalue weighted by Crippen LogP contribution is 2.16. The second-order valence-corrected chi connectivity index (χ2v) is 6.20. The highest BCUT2D eigenvalue weighted by molar-refractivity contribution is 5.31.